The molecule has 1 aromatic rings. The van der Waals surface area contributed by atoms with Gasteiger partial charge in [0.25, 0.3) is 5.69 Å². The third kappa shape index (κ3) is 2.01. The highest BCUT2D eigenvalue weighted by molar-refractivity contribution is 5.74. The van der Waals surface area contributed by atoms with Crippen LogP contribution in [0.2, 0.25) is 0 Å². The smallest absolute Gasteiger partial charge is 0.308 e. The molecule has 1 N–H and O–H groups in total. The van der Waals surface area contributed by atoms with Gasteiger partial charge in [-0.3, -0.25) is 14.9 Å². The van der Waals surface area contributed by atoms with Crippen molar-refractivity contribution in [2.45, 2.75) is 19.4 Å². The number of hydrogen-bond donors (Lipinski definition) is 1. The topological polar surface area (TPSA) is 83.7 Å². The molecule has 96 valence electrons. The Labute approximate surface area is 104 Å². The van der Waals surface area contributed by atoms with E-state index in [4.69, 9.17) is 5.11 Å². The van der Waals surface area contributed by atoms with Crippen LogP contribution in [0.15, 0.2) is 24.3 Å². The second kappa shape index (κ2) is 4.64. The third-order valence-corrected chi connectivity index (χ3v) is 3.46. The molecule has 0 aromatic heterocycles. The first kappa shape index (κ1) is 12.3. The maximum atomic E-state index is 11.0. The molecule has 18 heavy (non-hydrogen) atoms. The minimum absolute atomic E-state index is 0.0235. The number of aliphatic carboxylic acids is 1. The number of benzene rings is 1. The lowest BCUT2D eigenvalue weighted by Gasteiger charge is -2.24. The van der Waals surface area contributed by atoms with Gasteiger partial charge in [-0.1, -0.05) is 12.1 Å². The molecule has 1 aliphatic heterocycles. The van der Waals surface area contributed by atoms with Gasteiger partial charge in [-0.2, -0.15) is 0 Å². The number of hydrogen-bond acceptors (Lipinski definition) is 4. The third-order valence-electron chi connectivity index (χ3n) is 3.46. The van der Waals surface area contributed by atoms with Crippen molar-refractivity contribution in [3.05, 3.63) is 34.4 Å². The summed E-state index contributed by atoms with van der Waals surface area (Å²) in [5.74, 6) is -1.31. The zero-order valence-corrected chi connectivity index (χ0v) is 9.94. The minimum Gasteiger partial charge on any atom is -0.481 e. The lowest BCUT2D eigenvalue weighted by Crippen LogP contribution is -2.33. The van der Waals surface area contributed by atoms with Crippen LogP contribution in [-0.2, 0) is 4.79 Å². The number of carboxylic acid groups (broad SMARTS) is 1. The summed E-state index contributed by atoms with van der Waals surface area (Å²) >= 11 is 0. The van der Waals surface area contributed by atoms with E-state index in [1.54, 1.807) is 30.0 Å². The van der Waals surface area contributed by atoms with Gasteiger partial charge in [-0.15, -0.1) is 0 Å². The van der Waals surface area contributed by atoms with E-state index in [2.05, 4.69) is 0 Å². The summed E-state index contributed by atoms with van der Waals surface area (Å²) in [6.07, 6.45) is 0.516. The molecule has 0 radical (unpaired) electrons. The summed E-state index contributed by atoms with van der Waals surface area (Å²) in [5.41, 5.74) is 0.522. The fourth-order valence-corrected chi connectivity index (χ4v) is 2.47. The molecule has 2 unspecified atom stereocenters. The van der Waals surface area contributed by atoms with Crippen molar-refractivity contribution in [3.8, 4) is 0 Å². The van der Waals surface area contributed by atoms with E-state index in [9.17, 15) is 14.9 Å². The monoisotopic (exact) mass is 250 g/mol. The molecule has 6 heteroatoms. The van der Waals surface area contributed by atoms with Crippen molar-refractivity contribution in [2.75, 3.05) is 11.4 Å². The summed E-state index contributed by atoms with van der Waals surface area (Å²) in [5, 5.41) is 20.0. The van der Waals surface area contributed by atoms with Gasteiger partial charge in [0.05, 0.1) is 10.8 Å². The molecule has 6 nitrogen and oxygen atoms in total. The van der Waals surface area contributed by atoms with Crippen LogP contribution in [0.25, 0.3) is 0 Å². The molecular formula is C12H14N2O4. The minimum atomic E-state index is -0.844. The van der Waals surface area contributed by atoms with Gasteiger partial charge in [0, 0.05) is 18.7 Å². The van der Waals surface area contributed by atoms with E-state index >= 15 is 0 Å². The zero-order valence-electron chi connectivity index (χ0n) is 9.94. The van der Waals surface area contributed by atoms with Crippen molar-refractivity contribution in [1.82, 2.24) is 0 Å². The van der Waals surface area contributed by atoms with E-state index in [0.29, 0.717) is 18.7 Å². The van der Waals surface area contributed by atoms with Crippen LogP contribution in [-0.4, -0.2) is 28.6 Å². The number of carboxylic acids is 1. The van der Waals surface area contributed by atoms with Gasteiger partial charge in [0.1, 0.15) is 5.69 Å². The Kier molecular flexibility index (Phi) is 3.18. The number of rotatable bonds is 3. The van der Waals surface area contributed by atoms with Gasteiger partial charge < -0.3 is 10.0 Å². The molecule has 0 saturated carbocycles. The molecular weight excluding hydrogens is 236 g/mol. The quantitative estimate of drug-likeness (QED) is 0.654. The van der Waals surface area contributed by atoms with Gasteiger partial charge in [-0.25, -0.2) is 0 Å². The van der Waals surface area contributed by atoms with Crippen molar-refractivity contribution in [1.29, 1.82) is 0 Å². The fraction of sp³-hybridized carbons (Fsp3) is 0.417. The van der Waals surface area contributed by atoms with Crippen LogP contribution < -0.4 is 4.90 Å². The van der Waals surface area contributed by atoms with E-state index < -0.39 is 16.8 Å². The molecule has 1 saturated heterocycles. The van der Waals surface area contributed by atoms with Crippen LogP contribution >= 0.6 is 0 Å². The number of carbonyl (C=O) groups is 1. The molecule has 1 aromatic carbocycles. The number of nitrogens with zero attached hydrogens (tertiary/aromatic N) is 2. The Hall–Kier alpha value is -2.11. The molecule has 0 bridgehead atoms. The highest BCUT2D eigenvalue weighted by Gasteiger charge is 2.37. The van der Waals surface area contributed by atoms with Gasteiger partial charge >= 0.3 is 5.97 Å². The highest BCUT2D eigenvalue weighted by Crippen LogP contribution is 2.35. The van der Waals surface area contributed by atoms with Gasteiger partial charge in [0.2, 0.25) is 0 Å². The largest absolute Gasteiger partial charge is 0.481 e. The Balaban J connectivity index is 2.34. The number of para-hydroxylation sites is 2. The standard InChI is InChI=1S/C12H14N2O4/c1-8-9(12(15)16)6-7-13(8)10-4-2-3-5-11(10)14(17)18/h2-5,8-9H,6-7H2,1H3,(H,15,16). The van der Waals surface area contributed by atoms with E-state index in [0.717, 1.165) is 0 Å². The van der Waals surface area contributed by atoms with Crippen molar-refractivity contribution in [3.63, 3.8) is 0 Å². The maximum Gasteiger partial charge on any atom is 0.308 e. The van der Waals surface area contributed by atoms with Crippen LogP contribution in [0.5, 0.6) is 0 Å². The number of nitro benzene ring substituents is 1. The summed E-state index contributed by atoms with van der Waals surface area (Å²) < 4.78 is 0. The fourth-order valence-electron chi connectivity index (χ4n) is 2.47. The molecule has 2 rings (SSSR count). The van der Waals surface area contributed by atoms with E-state index in [1.807, 2.05) is 0 Å². The molecule has 1 fully saturated rings. The Morgan fingerprint density at radius 3 is 2.72 bits per heavy atom. The van der Waals surface area contributed by atoms with Crippen LogP contribution in [0.1, 0.15) is 13.3 Å². The second-order valence-electron chi connectivity index (χ2n) is 4.41. The van der Waals surface area contributed by atoms with Gasteiger partial charge in [-0.05, 0) is 19.4 Å². The Bertz CT molecular complexity index is 489. The average molecular weight is 250 g/mol. The molecule has 2 atom stereocenters. The van der Waals surface area contributed by atoms with E-state index in [1.165, 1.54) is 6.07 Å². The second-order valence-corrected chi connectivity index (χ2v) is 4.41. The van der Waals surface area contributed by atoms with Crippen LogP contribution in [0, 0.1) is 16.0 Å². The van der Waals surface area contributed by atoms with Crippen LogP contribution in [0.4, 0.5) is 11.4 Å². The molecule has 1 aliphatic rings. The maximum absolute atomic E-state index is 11.0. The molecule has 1 heterocycles. The normalized spacial score (nSPS) is 23.1. The SMILES string of the molecule is CC1C(C(=O)O)CCN1c1ccccc1[N+](=O)[O-]. The molecule has 0 amide bonds. The van der Waals surface area contributed by atoms with Crippen molar-refractivity contribution < 1.29 is 14.8 Å². The number of nitro groups is 1. The van der Waals surface area contributed by atoms with Crippen molar-refractivity contribution in [2.24, 2.45) is 5.92 Å². The average Bonchev–Trinajstić information content (AvgIpc) is 2.71. The first-order valence-corrected chi connectivity index (χ1v) is 5.75. The highest BCUT2D eigenvalue weighted by atomic mass is 16.6. The summed E-state index contributed by atoms with van der Waals surface area (Å²) in [6.45, 7) is 2.32. The van der Waals surface area contributed by atoms with Gasteiger partial charge in [0.15, 0.2) is 0 Å². The molecule has 0 aliphatic carbocycles. The summed E-state index contributed by atoms with van der Waals surface area (Å²) in [7, 11) is 0. The molecule has 0 spiro atoms. The van der Waals surface area contributed by atoms with E-state index in [-0.39, 0.29) is 11.7 Å². The lowest BCUT2D eigenvalue weighted by molar-refractivity contribution is -0.384. The predicted octanol–water partition coefficient (Wildman–Crippen LogP) is 1.89. The zero-order chi connectivity index (χ0) is 13.3. The first-order valence-electron chi connectivity index (χ1n) is 5.75. The predicted molar refractivity (Wildman–Crippen MR) is 65.6 cm³/mol. The lowest BCUT2D eigenvalue weighted by atomic mass is 10.0. The van der Waals surface area contributed by atoms with Crippen LogP contribution in [0.3, 0.4) is 0 Å². The first-order chi connectivity index (χ1) is 8.52. The Morgan fingerprint density at radius 1 is 1.50 bits per heavy atom. The summed E-state index contributed by atoms with van der Waals surface area (Å²) in [4.78, 5) is 23.4. The van der Waals surface area contributed by atoms with Crippen molar-refractivity contribution >= 4 is 17.3 Å². The summed E-state index contributed by atoms with van der Waals surface area (Å²) in [6, 6.07) is 6.21. The Morgan fingerprint density at radius 2 is 2.17 bits per heavy atom. The number of anilines is 1.